The summed E-state index contributed by atoms with van der Waals surface area (Å²) in [7, 11) is 1.77. The van der Waals surface area contributed by atoms with Crippen LogP contribution in [0.25, 0.3) is 0 Å². The summed E-state index contributed by atoms with van der Waals surface area (Å²) in [6.45, 7) is 6.89. The van der Waals surface area contributed by atoms with Crippen LogP contribution in [-0.2, 0) is 4.74 Å². The molecule has 0 spiro atoms. The quantitative estimate of drug-likeness (QED) is 0.530. The Morgan fingerprint density at radius 2 is 2.14 bits per heavy atom. The smallest absolute Gasteiger partial charge is 0.191 e. The summed E-state index contributed by atoms with van der Waals surface area (Å²) in [6, 6.07) is 6.47. The van der Waals surface area contributed by atoms with Gasteiger partial charge in [-0.3, -0.25) is 9.89 Å². The maximum Gasteiger partial charge on any atom is 0.191 e. The minimum absolute atomic E-state index is 0.154. The van der Waals surface area contributed by atoms with Crippen molar-refractivity contribution in [2.24, 2.45) is 4.99 Å². The normalized spacial score (nSPS) is 24.8. The largest absolute Gasteiger partial charge is 0.486 e. The molecule has 0 radical (unpaired) electrons. The maximum absolute atomic E-state index is 13.7. The number of morpholine rings is 1. The van der Waals surface area contributed by atoms with Crippen molar-refractivity contribution in [3.8, 4) is 5.75 Å². The second-order valence-electron chi connectivity index (χ2n) is 7.29. The van der Waals surface area contributed by atoms with Crippen LogP contribution in [0.2, 0.25) is 0 Å². The van der Waals surface area contributed by atoms with Gasteiger partial charge in [0.2, 0.25) is 0 Å². The third kappa shape index (κ3) is 5.52. The third-order valence-corrected chi connectivity index (χ3v) is 6.53. The van der Waals surface area contributed by atoms with Crippen molar-refractivity contribution in [3.63, 3.8) is 0 Å². The van der Waals surface area contributed by atoms with Gasteiger partial charge in [-0.15, -0.1) is 0 Å². The molecule has 2 unspecified atom stereocenters. The molecule has 0 amide bonds. The highest BCUT2D eigenvalue weighted by Crippen LogP contribution is 2.33. The first kappa shape index (κ1) is 21.2. The highest BCUT2D eigenvalue weighted by atomic mass is 32.2. The molecular weight excluding hydrogens is 379 g/mol. The monoisotopic (exact) mass is 410 g/mol. The zero-order chi connectivity index (χ0) is 19.8. The van der Waals surface area contributed by atoms with E-state index in [1.54, 1.807) is 25.2 Å². The van der Waals surface area contributed by atoms with Gasteiger partial charge in [-0.25, -0.2) is 4.39 Å². The first-order valence-electron chi connectivity index (χ1n) is 9.89. The number of para-hydroxylation sites is 1. The summed E-state index contributed by atoms with van der Waals surface area (Å²) >= 11 is 2.02. The van der Waals surface area contributed by atoms with E-state index in [1.165, 1.54) is 18.2 Å². The summed E-state index contributed by atoms with van der Waals surface area (Å²) in [6.07, 6.45) is 0.986. The molecule has 28 heavy (non-hydrogen) atoms. The Kier molecular flexibility index (Phi) is 7.82. The number of nitrogens with one attached hydrogen (secondary N) is 2. The molecule has 0 aliphatic carbocycles. The predicted octanol–water partition coefficient (Wildman–Crippen LogP) is 1.97. The van der Waals surface area contributed by atoms with Gasteiger partial charge >= 0.3 is 0 Å². The Morgan fingerprint density at radius 3 is 2.82 bits per heavy atom. The van der Waals surface area contributed by atoms with E-state index >= 15 is 0 Å². The van der Waals surface area contributed by atoms with Crippen LogP contribution in [0.3, 0.4) is 0 Å². The first-order chi connectivity index (χ1) is 13.6. The highest BCUT2D eigenvalue weighted by Gasteiger charge is 2.40. The first-order valence-corrected chi connectivity index (χ1v) is 11.0. The van der Waals surface area contributed by atoms with Crippen LogP contribution < -0.4 is 15.4 Å². The Balaban J connectivity index is 1.49. The fourth-order valence-corrected chi connectivity index (χ4v) is 5.12. The SMILES string of the molecule is CN=C(NCC(C)Oc1ccccc1F)NCC1(N2CCOCC2)CCSC1. The predicted molar refractivity (Wildman–Crippen MR) is 113 cm³/mol. The van der Waals surface area contributed by atoms with Gasteiger partial charge in [0.1, 0.15) is 6.10 Å². The molecule has 1 aromatic carbocycles. The number of ether oxygens (including phenoxy) is 2. The molecule has 1 aromatic rings. The van der Waals surface area contributed by atoms with Gasteiger partial charge in [0.15, 0.2) is 17.5 Å². The number of halogens is 1. The number of thioether (sulfide) groups is 1. The molecule has 2 aliphatic heterocycles. The minimum atomic E-state index is -0.344. The lowest BCUT2D eigenvalue weighted by Crippen LogP contribution is -2.60. The maximum atomic E-state index is 13.7. The van der Waals surface area contributed by atoms with Crippen LogP contribution in [0.1, 0.15) is 13.3 Å². The average molecular weight is 411 g/mol. The molecule has 2 saturated heterocycles. The molecule has 0 saturated carbocycles. The van der Waals surface area contributed by atoms with E-state index in [0.29, 0.717) is 6.54 Å². The second-order valence-corrected chi connectivity index (χ2v) is 8.40. The van der Waals surface area contributed by atoms with Gasteiger partial charge in [-0.1, -0.05) is 12.1 Å². The number of hydrogen-bond donors (Lipinski definition) is 2. The number of guanidine groups is 1. The average Bonchev–Trinajstić information content (AvgIpc) is 3.21. The number of benzene rings is 1. The van der Waals surface area contributed by atoms with Gasteiger partial charge < -0.3 is 20.1 Å². The Morgan fingerprint density at radius 1 is 1.36 bits per heavy atom. The lowest BCUT2D eigenvalue weighted by Gasteiger charge is -2.43. The molecular formula is C20H31FN4O2S. The summed E-state index contributed by atoms with van der Waals surface area (Å²) in [5, 5.41) is 6.79. The molecule has 0 bridgehead atoms. The summed E-state index contributed by atoms with van der Waals surface area (Å²) in [5.41, 5.74) is 0.154. The van der Waals surface area contributed by atoms with Crippen molar-refractivity contribution < 1.29 is 13.9 Å². The molecule has 156 valence electrons. The zero-order valence-corrected chi connectivity index (χ0v) is 17.6. The van der Waals surface area contributed by atoms with Crippen molar-refractivity contribution in [1.82, 2.24) is 15.5 Å². The minimum Gasteiger partial charge on any atom is -0.486 e. The van der Waals surface area contributed by atoms with Crippen molar-refractivity contribution >= 4 is 17.7 Å². The van der Waals surface area contributed by atoms with Crippen LogP contribution in [0, 0.1) is 5.82 Å². The molecule has 2 atom stereocenters. The van der Waals surface area contributed by atoms with Crippen molar-refractivity contribution in [3.05, 3.63) is 30.1 Å². The van der Waals surface area contributed by atoms with Crippen LogP contribution in [0.15, 0.2) is 29.3 Å². The zero-order valence-electron chi connectivity index (χ0n) is 16.7. The van der Waals surface area contributed by atoms with Crippen LogP contribution in [0.5, 0.6) is 5.75 Å². The molecule has 2 aliphatic rings. The molecule has 2 fully saturated rings. The topological polar surface area (TPSA) is 58.1 Å². The van der Waals surface area contributed by atoms with Crippen LogP contribution in [-0.4, -0.2) is 80.4 Å². The third-order valence-electron chi connectivity index (χ3n) is 5.29. The van der Waals surface area contributed by atoms with Crippen molar-refractivity contribution in [2.75, 3.05) is 57.9 Å². The summed E-state index contributed by atoms with van der Waals surface area (Å²) < 4.78 is 24.9. The Labute approximate surface area is 171 Å². The molecule has 6 nitrogen and oxygen atoms in total. The Bertz CT molecular complexity index is 649. The van der Waals surface area contributed by atoms with Gasteiger partial charge in [0.05, 0.1) is 19.8 Å². The standard InChI is InChI=1S/C20H31FN4O2S/c1-16(27-18-6-4-3-5-17(18)21)13-23-19(22-2)24-14-20(7-12-28-15-20)25-8-10-26-11-9-25/h3-6,16H,7-15H2,1-2H3,(H2,22,23,24). The molecule has 3 rings (SSSR count). The molecule has 8 heteroatoms. The lowest BCUT2D eigenvalue weighted by atomic mass is 9.95. The fraction of sp³-hybridized carbons (Fsp3) is 0.650. The van der Waals surface area contributed by atoms with Gasteiger partial charge in [0.25, 0.3) is 0 Å². The van der Waals surface area contributed by atoms with Crippen molar-refractivity contribution in [2.45, 2.75) is 25.0 Å². The van der Waals surface area contributed by atoms with E-state index in [2.05, 4.69) is 20.5 Å². The second kappa shape index (κ2) is 10.3. The number of nitrogens with zero attached hydrogens (tertiary/aromatic N) is 2. The van der Waals surface area contributed by atoms with E-state index in [4.69, 9.17) is 9.47 Å². The van der Waals surface area contributed by atoms with E-state index < -0.39 is 0 Å². The van der Waals surface area contributed by atoms with Crippen LogP contribution in [0.4, 0.5) is 4.39 Å². The summed E-state index contributed by atoms with van der Waals surface area (Å²) in [4.78, 5) is 6.91. The number of aliphatic imine (C=N–C) groups is 1. The number of hydrogen-bond acceptors (Lipinski definition) is 5. The fourth-order valence-electron chi connectivity index (χ4n) is 3.64. The highest BCUT2D eigenvalue weighted by molar-refractivity contribution is 7.99. The van der Waals surface area contributed by atoms with E-state index in [0.717, 1.165) is 44.6 Å². The van der Waals surface area contributed by atoms with E-state index in [9.17, 15) is 4.39 Å². The molecule has 0 aromatic heterocycles. The van der Waals surface area contributed by atoms with E-state index in [-0.39, 0.29) is 23.2 Å². The Hall–Kier alpha value is -1.51. The molecule has 2 N–H and O–H groups in total. The molecule has 2 heterocycles. The van der Waals surface area contributed by atoms with Crippen LogP contribution >= 0.6 is 11.8 Å². The lowest BCUT2D eigenvalue weighted by molar-refractivity contribution is -0.0120. The van der Waals surface area contributed by atoms with Gasteiger partial charge in [-0.05, 0) is 31.2 Å². The van der Waals surface area contributed by atoms with Crippen molar-refractivity contribution in [1.29, 1.82) is 0 Å². The van der Waals surface area contributed by atoms with Gasteiger partial charge in [0, 0.05) is 38.0 Å². The van der Waals surface area contributed by atoms with Gasteiger partial charge in [-0.2, -0.15) is 11.8 Å². The summed E-state index contributed by atoms with van der Waals surface area (Å²) in [5.74, 6) is 2.99. The van der Waals surface area contributed by atoms with E-state index in [1.807, 2.05) is 18.7 Å². The number of rotatable bonds is 7.